The van der Waals surface area contributed by atoms with Gasteiger partial charge in [0.05, 0.1) is 18.0 Å². The lowest BCUT2D eigenvalue weighted by Gasteiger charge is -2.17. The largest absolute Gasteiger partial charge is 0.449 e. The molecule has 2 aromatic rings. The number of nitro groups is 1. The number of anilines is 2. The first-order valence-corrected chi connectivity index (χ1v) is 7.94. The SMILES string of the molecule is CCOC(=O)N(C)c1ccc(NC(=O)Cc2ccc([N+](=O)[O-])cc2)cc1. The second kappa shape index (κ2) is 8.61. The van der Waals surface area contributed by atoms with Crippen LogP contribution in [0.3, 0.4) is 0 Å². The summed E-state index contributed by atoms with van der Waals surface area (Å²) in [5.74, 6) is -0.245. The molecule has 0 aliphatic rings. The average molecular weight is 357 g/mol. The molecule has 1 N–H and O–H groups in total. The van der Waals surface area contributed by atoms with Crippen LogP contribution < -0.4 is 10.2 Å². The van der Waals surface area contributed by atoms with Crippen LogP contribution in [0.4, 0.5) is 21.9 Å². The predicted octanol–water partition coefficient (Wildman–Crippen LogP) is 3.37. The molecule has 0 fully saturated rings. The Balaban J connectivity index is 1.94. The molecule has 2 aromatic carbocycles. The van der Waals surface area contributed by atoms with Gasteiger partial charge in [-0.3, -0.25) is 19.8 Å². The highest BCUT2D eigenvalue weighted by Gasteiger charge is 2.12. The Morgan fingerprint density at radius 2 is 1.73 bits per heavy atom. The molecule has 8 nitrogen and oxygen atoms in total. The minimum absolute atomic E-state index is 0.0181. The summed E-state index contributed by atoms with van der Waals surface area (Å²) in [5, 5.41) is 13.4. The number of nitrogens with one attached hydrogen (secondary N) is 1. The van der Waals surface area contributed by atoms with E-state index in [2.05, 4.69) is 5.32 Å². The van der Waals surface area contributed by atoms with E-state index in [1.54, 1.807) is 50.4 Å². The van der Waals surface area contributed by atoms with Gasteiger partial charge in [0.15, 0.2) is 0 Å². The van der Waals surface area contributed by atoms with Crippen LogP contribution in [-0.2, 0) is 16.0 Å². The number of amides is 2. The Hall–Kier alpha value is -3.42. The fraction of sp³-hybridized carbons (Fsp3) is 0.222. The summed E-state index contributed by atoms with van der Waals surface area (Å²) in [7, 11) is 1.60. The van der Waals surface area contributed by atoms with Crippen LogP contribution in [0, 0.1) is 10.1 Å². The van der Waals surface area contributed by atoms with Gasteiger partial charge >= 0.3 is 6.09 Å². The minimum atomic E-state index is -0.487. The van der Waals surface area contributed by atoms with E-state index in [0.717, 1.165) is 0 Å². The molecule has 0 unspecified atom stereocenters. The third-order valence-corrected chi connectivity index (χ3v) is 3.59. The van der Waals surface area contributed by atoms with E-state index in [-0.39, 0.29) is 18.0 Å². The quantitative estimate of drug-likeness (QED) is 0.631. The highest BCUT2D eigenvalue weighted by molar-refractivity contribution is 5.93. The van der Waals surface area contributed by atoms with Crippen molar-refractivity contribution in [3.63, 3.8) is 0 Å². The number of nitrogens with zero attached hydrogens (tertiary/aromatic N) is 2. The number of benzene rings is 2. The second-order valence-electron chi connectivity index (χ2n) is 5.45. The highest BCUT2D eigenvalue weighted by Crippen LogP contribution is 2.18. The van der Waals surface area contributed by atoms with Crippen LogP contribution >= 0.6 is 0 Å². The van der Waals surface area contributed by atoms with Gasteiger partial charge in [0.25, 0.3) is 5.69 Å². The third kappa shape index (κ3) is 5.04. The third-order valence-electron chi connectivity index (χ3n) is 3.59. The van der Waals surface area contributed by atoms with Crippen molar-refractivity contribution in [3.05, 3.63) is 64.2 Å². The summed E-state index contributed by atoms with van der Waals surface area (Å²) in [5.41, 5.74) is 1.87. The first-order chi connectivity index (χ1) is 12.4. The number of carbonyl (C=O) groups excluding carboxylic acids is 2. The summed E-state index contributed by atoms with van der Waals surface area (Å²) in [6, 6.07) is 12.6. The molecule has 0 aliphatic carbocycles. The van der Waals surface area contributed by atoms with E-state index in [4.69, 9.17) is 4.74 Å². The molecule has 0 aliphatic heterocycles. The molecule has 26 heavy (non-hydrogen) atoms. The predicted molar refractivity (Wildman–Crippen MR) is 97.3 cm³/mol. The highest BCUT2D eigenvalue weighted by atomic mass is 16.6. The molecule has 8 heteroatoms. The van der Waals surface area contributed by atoms with Crippen molar-refractivity contribution in [2.75, 3.05) is 23.9 Å². The molecule has 2 amide bonds. The normalized spacial score (nSPS) is 10.1. The minimum Gasteiger partial charge on any atom is -0.449 e. The van der Waals surface area contributed by atoms with Crippen molar-refractivity contribution >= 4 is 29.1 Å². The number of nitro benzene ring substituents is 1. The molecule has 0 aromatic heterocycles. The van der Waals surface area contributed by atoms with Gasteiger partial charge in [-0.25, -0.2) is 4.79 Å². The van der Waals surface area contributed by atoms with Crippen molar-refractivity contribution in [2.45, 2.75) is 13.3 Å². The standard InChI is InChI=1S/C18H19N3O5/c1-3-26-18(23)20(2)15-10-6-14(7-11-15)19-17(22)12-13-4-8-16(9-5-13)21(24)25/h4-11H,3,12H2,1-2H3,(H,19,22). The molecule has 0 heterocycles. The maximum atomic E-state index is 12.1. The molecule has 0 spiro atoms. The number of hydrogen-bond donors (Lipinski definition) is 1. The van der Waals surface area contributed by atoms with Crippen LogP contribution in [0.15, 0.2) is 48.5 Å². The Labute approximate surface area is 150 Å². The van der Waals surface area contributed by atoms with E-state index in [9.17, 15) is 19.7 Å². The summed E-state index contributed by atoms with van der Waals surface area (Å²) in [6.07, 6.45) is -0.356. The fourth-order valence-corrected chi connectivity index (χ4v) is 2.22. The van der Waals surface area contributed by atoms with Crippen LogP contribution in [0.25, 0.3) is 0 Å². The topological polar surface area (TPSA) is 102 Å². The number of ether oxygens (including phenoxy) is 1. The monoisotopic (exact) mass is 357 g/mol. The zero-order chi connectivity index (χ0) is 19.1. The number of hydrogen-bond acceptors (Lipinski definition) is 5. The van der Waals surface area contributed by atoms with Crippen molar-refractivity contribution < 1.29 is 19.2 Å². The van der Waals surface area contributed by atoms with Crippen LogP contribution in [-0.4, -0.2) is 30.6 Å². The smallest absolute Gasteiger partial charge is 0.413 e. The Bertz CT molecular complexity index is 787. The summed E-state index contributed by atoms with van der Waals surface area (Å²) >= 11 is 0. The maximum absolute atomic E-state index is 12.1. The van der Waals surface area contributed by atoms with Gasteiger partial charge in [-0.2, -0.15) is 0 Å². The van der Waals surface area contributed by atoms with Crippen LogP contribution in [0.2, 0.25) is 0 Å². The first kappa shape index (κ1) is 18.9. The van der Waals surface area contributed by atoms with Gasteiger partial charge in [-0.1, -0.05) is 12.1 Å². The van der Waals surface area contributed by atoms with E-state index in [0.29, 0.717) is 23.5 Å². The van der Waals surface area contributed by atoms with Crippen molar-refractivity contribution in [1.29, 1.82) is 0 Å². The summed E-state index contributed by atoms with van der Waals surface area (Å²) in [4.78, 5) is 35.3. The van der Waals surface area contributed by atoms with Crippen molar-refractivity contribution in [1.82, 2.24) is 0 Å². The lowest BCUT2D eigenvalue weighted by Crippen LogP contribution is -2.26. The van der Waals surface area contributed by atoms with Gasteiger partial charge in [0.1, 0.15) is 0 Å². The molecule has 0 saturated carbocycles. The molecule has 0 radical (unpaired) electrons. The van der Waals surface area contributed by atoms with E-state index in [1.807, 2.05) is 0 Å². The molecular formula is C18H19N3O5. The Morgan fingerprint density at radius 1 is 1.12 bits per heavy atom. The van der Waals surface area contributed by atoms with E-state index in [1.165, 1.54) is 17.0 Å². The average Bonchev–Trinajstić information content (AvgIpc) is 2.62. The van der Waals surface area contributed by atoms with Gasteiger partial charge in [0, 0.05) is 30.6 Å². The lowest BCUT2D eigenvalue weighted by atomic mass is 10.1. The lowest BCUT2D eigenvalue weighted by molar-refractivity contribution is -0.384. The van der Waals surface area contributed by atoms with Crippen LogP contribution in [0.1, 0.15) is 12.5 Å². The molecular weight excluding hydrogens is 338 g/mol. The first-order valence-electron chi connectivity index (χ1n) is 7.94. The van der Waals surface area contributed by atoms with Gasteiger partial charge in [0.2, 0.25) is 5.91 Å². The van der Waals surface area contributed by atoms with Crippen molar-refractivity contribution in [2.24, 2.45) is 0 Å². The summed E-state index contributed by atoms with van der Waals surface area (Å²) in [6.45, 7) is 2.02. The molecule has 0 bridgehead atoms. The van der Waals surface area contributed by atoms with Gasteiger partial charge in [-0.15, -0.1) is 0 Å². The van der Waals surface area contributed by atoms with E-state index >= 15 is 0 Å². The number of non-ortho nitro benzene ring substituents is 1. The van der Waals surface area contributed by atoms with Crippen molar-refractivity contribution in [3.8, 4) is 0 Å². The second-order valence-corrected chi connectivity index (χ2v) is 5.45. The number of carbonyl (C=O) groups is 2. The van der Waals surface area contributed by atoms with Gasteiger partial charge in [-0.05, 0) is 36.8 Å². The maximum Gasteiger partial charge on any atom is 0.413 e. The number of rotatable bonds is 6. The van der Waals surface area contributed by atoms with Crippen LogP contribution in [0.5, 0.6) is 0 Å². The molecule has 136 valence electrons. The zero-order valence-corrected chi connectivity index (χ0v) is 14.5. The van der Waals surface area contributed by atoms with E-state index < -0.39 is 11.0 Å². The molecule has 0 saturated heterocycles. The summed E-state index contributed by atoms with van der Waals surface area (Å²) < 4.78 is 4.92. The zero-order valence-electron chi connectivity index (χ0n) is 14.5. The molecule has 0 atom stereocenters. The molecule has 2 rings (SSSR count). The Kier molecular flexibility index (Phi) is 6.26. The van der Waals surface area contributed by atoms with Gasteiger partial charge < -0.3 is 10.1 Å². The Morgan fingerprint density at radius 3 is 2.27 bits per heavy atom. The fourth-order valence-electron chi connectivity index (χ4n) is 2.22.